The van der Waals surface area contributed by atoms with Crippen LogP contribution in [0.1, 0.15) is 18.9 Å². The van der Waals surface area contributed by atoms with Gasteiger partial charge in [-0.3, -0.25) is 4.99 Å². The van der Waals surface area contributed by atoms with Crippen molar-refractivity contribution in [1.29, 1.82) is 0 Å². The summed E-state index contributed by atoms with van der Waals surface area (Å²) in [5, 5.41) is 7.41. The molecule has 0 amide bonds. The van der Waals surface area contributed by atoms with Gasteiger partial charge in [0.2, 0.25) is 0 Å². The molecule has 0 aliphatic heterocycles. The number of imidazole rings is 1. The largest absolute Gasteiger partial charge is 0.357 e. The molecule has 2 rings (SSSR count). The van der Waals surface area contributed by atoms with Gasteiger partial charge in [-0.2, -0.15) is 0 Å². The number of hydrogen-bond acceptors (Lipinski definition) is 2. The maximum Gasteiger partial charge on any atom is 0.191 e. The third-order valence-electron chi connectivity index (χ3n) is 3.37. The highest BCUT2D eigenvalue weighted by atomic mass is 35.5. The van der Waals surface area contributed by atoms with Gasteiger partial charge in [0, 0.05) is 43.6 Å². The summed E-state index contributed by atoms with van der Waals surface area (Å²) in [4.78, 5) is 8.63. The van der Waals surface area contributed by atoms with Crippen molar-refractivity contribution in [2.45, 2.75) is 26.3 Å². The smallest absolute Gasteiger partial charge is 0.191 e. The Hall–Kier alpha value is -2.01. The number of aromatic nitrogens is 2. The van der Waals surface area contributed by atoms with Gasteiger partial charge in [0.05, 0.1) is 6.33 Å². The molecule has 0 radical (unpaired) electrons. The zero-order valence-corrected chi connectivity index (χ0v) is 14.3. The summed E-state index contributed by atoms with van der Waals surface area (Å²) in [6.07, 6.45) is 7.53. The van der Waals surface area contributed by atoms with Gasteiger partial charge in [-0.1, -0.05) is 23.7 Å². The lowest BCUT2D eigenvalue weighted by Gasteiger charge is -2.11. The maximum atomic E-state index is 5.89. The second-order valence-corrected chi connectivity index (χ2v) is 5.65. The first kappa shape index (κ1) is 17.3. The number of guanidine groups is 1. The molecular formula is C17H24ClN5. The monoisotopic (exact) mass is 333 g/mol. The molecule has 0 unspecified atom stereocenters. The molecule has 6 heteroatoms. The first-order chi connectivity index (χ1) is 11.3. The van der Waals surface area contributed by atoms with Crippen LogP contribution in [0, 0.1) is 0 Å². The minimum Gasteiger partial charge on any atom is -0.357 e. The van der Waals surface area contributed by atoms with Crippen LogP contribution in [0.2, 0.25) is 5.02 Å². The third-order valence-corrected chi connectivity index (χ3v) is 3.62. The average molecular weight is 334 g/mol. The molecule has 0 saturated carbocycles. The average Bonchev–Trinajstić information content (AvgIpc) is 3.07. The maximum absolute atomic E-state index is 5.89. The molecule has 0 spiro atoms. The second-order valence-electron chi connectivity index (χ2n) is 5.22. The molecule has 0 saturated heterocycles. The van der Waals surface area contributed by atoms with E-state index < -0.39 is 0 Å². The highest BCUT2D eigenvalue weighted by molar-refractivity contribution is 6.30. The van der Waals surface area contributed by atoms with Crippen molar-refractivity contribution in [3.63, 3.8) is 0 Å². The predicted molar refractivity (Wildman–Crippen MR) is 96.0 cm³/mol. The molecule has 0 aliphatic rings. The van der Waals surface area contributed by atoms with Crippen LogP contribution >= 0.6 is 11.6 Å². The molecule has 1 aromatic heterocycles. The third kappa shape index (κ3) is 6.74. The van der Waals surface area contributed by atoms with Gasteiger partial charge < -0.3 is 15.2 Å². The summed E-state index contributed by atoms with van der Waals surface area (Å²) in [5.74, 6) is 0.868. The first-order valence-electron chi connectivity index (χ1n) is 8.00. The Labute approximate surface area is 142 Å². The van der Waals surface area contributed by atoms with Crippen molar-refractivity contribution in [3.8, 4) is 0 Å². The van der Waals surface area contributed by atoms with E-state index in [-0.39, 0.29) is 0 Å². The van der Waals surface area contributed by atoms with Crippen LogP contribution in [0.15, 0.2) is 48.0 Å². The summed E-state index contributed by atoms with van der Waals surface area (Å²) in [6, 6.07) is 7.96. The summed E-state index contributed by atoms with van der Waals surface area (Å²) < 4.78 is 2.07. The first-order valence-corrected chi connectivity index (χ1v) is 8.38. The number of nitrogens with zero attached hydrogens (tertiary/aromatic N) is 3. The van der Waals surface area contributed by atoms with Crippen LogP contribution in [-0.2, 0) is 13.0 Å². The van der Waals surface area contributed by atoms with Gasteiger partial charge in [0.25, 0.3) is 0 Å². The summed E-state index contributed by atoms with van der Waals surface area (Å²) >= 11 is 5.89. The molecule has 5 nitrogen and oxygen atoms in total. The highest BCUT2D eigenvalue weighted by Crippen LogP contribution is 2.09. The van der Waals surface area contributed by atoms with Gasteiger partial charge in [-0.25, -0.2) is 4.98 Å². The number of nitrogens with one attached hydrogen (secondary N) is 2. The molecule has 2 N–H and O–H groups in total. The zero-order chi connectivity index (χ0) is 16.3. The van der Waals surface area contributed by atoms with Crippen molar-refractivity contribution in [2.24, 2.45) is 4.99 Å². The molecule has 23 heavy (non-hydrogen) atoms. The quantitative estimate of drug-likeness (QED) is 0.443. The topological polar surface area (TPSA) is 54.2 Å². The van der Waals surface area contributed by atoms with E-state index in [1.165, 1.54) is 5.56 Å². The fourth-order valence-electron chi connectivity index (χ4n) is 2.18. The summed E-state index contributed by atoms with van der Waals surface area (Å²) in [7, 11) is 0. The van der Waals surface area contributed by atoms with Crippen LogP contribution < -0.4 is 10.6 Å². The van der Waals surface area contributed by atoms with Crippen LogP contribution in [0.25, 0.3) is 0 Å². The normalized spacial score (nSPS) is 11.5. The molecule has 124 valence electrons. The lowest BCUT2D eigenvalue weighted by atomic mass is 10.1. The van der Waals surface area contributed by atoms with Crippen molar-refractivity contribution in [2.75, 3.05) is 19.6 Å². The van der Waals surface area contributed by atoms with E-state index in [1.54, 1.807) is 6.20 Å². The molecular weight excluding hydrogens is 310 g/mol. The molecule has 1 heterocycles. The number of rotatable bonds is 8. The highest BCUT2D eigenvalue weighted by Gasteiger charge is 1.98. The summed E-state index contributed by atoms with van der Waals surface area (Å²) in [5.41, 5.74) is 1.26. The Morgan fingerprint density at radius 3 is 2.78 bits per heavy atom. The van der Waals surface area contributed by atoms with E-state index in [2.05, 4.69) is 44.2 Å². The Bertz CT molecular complexity index is 578. The Morgan fingerprint density at radius 2 is 2.09 bits per heavy atom. The van der Waals surface area contributed by atoms with Gasteiger partial charge in [0.15, 0.2) is 5.96 Å². The van der Waals surface area contributed by atoms with Crippen LogP contribution in [0.3, 0.4) is 0 Å². The number of hydrogen-bond donors (Lipinski definition) is 2. The zero-order valence-electron chi connectivity index (χ0n) is 13.5. The van der Waals surface area contributed by atoms with Crippen molar-refractivity contribution < 1.29 is 0 Å². The molecule has 0 atom stereocenters. The summed E-state index contributed by atoms with van der Waals surface area (Å²) in [6.45, 7) is 5.49. The van der Waals surface area contributed by atoms with E-state index in [4.69, 9.17) is 11.6 Å². The number of benzene rings is 1. The Morgan fingerprint density at radius 1 is 1.26 bits per heavy atom. The van der Waals surface area contributed by atoms with Gasteiger partial charge in [-0.15, -0.1) is 0 Å². The molecule has 1 aromatic carbocycles. The van der Waals surface area contributed by atoms with E-state index in [9.17, 15) is 0 Å². The Kier molecular flexibility index (Phi) is 7.46. The van der Waals surface area contributed by atoms with E-state index in [1.807, 2.05) is 24.7 Å². The van der Waals surface area contributed by atoms with Gasteiger partial charge in [0.1, 0.15) is 0 Å². The number of aryl methyl sites for hydroxylation is 1. The van der Waals surface area contributed by atoms with Crippen LogP contribution in [0.4, 0.5) is 0 Å². The van der Waals surface area contributed by atoms with Gasteiger partial charge >= 0.3 is 0 Å². The lowest BCUT2D eigenvalue weighted by molar-refractivity contribution is 0.647. The van der Waals surface area contributed by atoms with E-state index >= 15 is 0 Å². The van der Waals surface area contributed by atoms with Crippen LogP contribution in [0.5, 0.6) is 0 Å². The minimum absolute atomic E-state index is 0.773. The standard InChI is InChI=1S/C17H24ClN5/c1-2-20-17(21-9-3-12-23-13-11-19-14-23)22-10-8-15-4-6-16(18)7-5-15/h4-7,11,13-14H,2-3,8-10,12H2,1H3,(H2,20,21,22). The van der Waals surface area contributed by atoms with Crippen LogP contribution in [-0.4, -0.2) is 35.1 Å². The van der Waals surface area contributed by atoms with Gasteiger partial charge in [-0.05, 0) is 37.5 Å². The predicted octanol–water partition coefficient (Wildman–Crippen LogP) is 2.72. The molecule has 0 fully saturated rings. The molecule has 0 aliphatic carbocycles. The lowest BCUT2D eigenvalue weighted by Crippen LogP contribution is -2.38. The van der Waals surface area contributed by atoms with Crippen molar-refractivity contribution >= 4 is 17.6 Å². The Balaban J connectivity index is 1.71. The molecule has 2 aromatic rings. The van der Waals surface area contributed by atoms with Crippen molar-refractivity contribution in [1.82, 2.24) is 20.2 Å². The SMILES string of the molecule is CCNC(=NCCCn1ccnc1)NCCc1ccc(Cl)cc1. The van der Waals surface area contributed by atoms with Crippen molar-refractivity contribution in [3.05, 3.63) is 53.6 Å². The fraction of sp³-hybridized carbons (Fsp3) is 0.412. The second kappa shape index (κ2) is 9.90. The molecule has 0 bridgehead atoms. The minimum atomic E-state index is 0.773. The number of halogens is 1. The van der Waals surface area contributed by atoms with E-state index in [0.29, 0.717) is 0 Å². The number of aliphatic imine (C=N–C) groups is 1. The fourth-order valence-corrected chi connectivity index (χ4v) is 2.31. The van der Waals surface area contributed by atoms with E-state index in [0.717, 1.165) is 50.0 Å².